The van der Waals surface area contributed by atoms with Crippen molar-refractivity contribution in [3.63, 3.8) is 0 Å². The molecular weight excluding hydrogens is 468 g/mol. The van der Waals surface area contributed by atoms with E-state index >= 15 is 0 Å². The summed E-state index contributed by atoms with van der Waals surface area (Å²) in [6, 6.07) is 26.8. The first kappa shape index (κ1) is 25.9. The molecule has 5 rings (SSSR count). The topological polar surface area (TPSA) is 35.9 Å². The molecule has 196 valence electrons. The molecule has 0 aromatic heterocycles. The van der Waals surface area contributed by atoms with E-state index in [2.05, 4.69) is 112 Å². The molecular formula is C34H38N2O2. The van der Waals surface area contributed by atoms with Gasteiger partial charge in [-0.05, 0) is 117 Å². The number of nitrogens with zero attached hydrogens (tertiary/aromatic N) is 2. The van der Waals surface area contributed by atoms with Crippen LogP contribution in [0.3, 0.4) is 0 Å². The van der Waals surface area contributed by atoms with E-state index in [0.29, 0.717) is 0 Å². The smallest absolute Gasteiger partial charge is 0.119 e. The number of aryl methyl sites for hydroxylation is 2. The quantitative estimate of drug-likeness (QED) is 0.284. The molecule has 0 saturated heterocycles. The van der Waals surface area contributed by atoms with Crippen molar-refractivity contribution in [1.82, 2.24) is 0 Å². The summed E-state index contributed by atoms with van der Waals surface area (Å²) >= 11 is 0. The maximum atomic E-state index is 9.56. The number of hydrogen-bond donors (Lipinski definition) is 1. The molecule has 4 heteroatoms. The van der Waals surface area contributed by atoms with Gasteiger partial charge in [-0.2, -0.15) is 0 Å². The average molecular weight is 507 g/mol. The van der Waals surface area contributed by atoms with Crippen LogP contribution in [-0.2, 0) is 6.61 Å². The van der Waals surface area contributed by atoms with Crippen molar-refractivity contribution in [3.8, 4) is 28.0 Å². The van der Waals surface area contributed by atoms with E-state index in [1.54, 1.807) is 7.11 Å². The van der Waals surface area contributed by atoms with E-state index in [9.17, 15) is 5.11 Å². The molecule has 38 heavy (non-hydrogen) atoms. The predicted molar refractivity (Wildman–Crippen MR) is 160 cm³/mol. The van der Waals surface area contributed by atoms with Gasteiger partial charge < -0.3 is 19.6 Å². The zero-order chi connectivity index (χ0) is 27.1. The lowest BCUT2D eigenvalue weighted by Gasteiger charge is -2.44. The van der Waals surface area contributed by atoms with Crippen LogP contribution in [-0.4, -0.2) is 24.3 Å². The van der Waals surface area contributed by atoms with Crippen molar-refractivity contribution < 1.29 is 9.84 Å². The first-order valence-corrected chi connectivity index (χ1v) is 13.5. The molecule has 0 fully saturated rings. The Kier molecular flexibility index (Phi) is 6.93. The van der Waals surface area contributed by atoms with Gasteiger partial charge in [-0.1, -0.05) is 36.4 Å². The lowest BCUT2D eigenvalue weighted by Crippen LogP contribution is -2.36. The number of aliphatic hydroxyl groups is 1. The summed E-state index contributed by atoms with van der Waals surface area (Å²) in [6.07, 6.45) is 0. The Morgan fingerprint density at radius 2 is 1.13 bits per heavy atom. The minimum absolute atomic E-state index is 0.0601. The van der Waals surface area contributed by atoms with Gasteiger partial charge in [0.15, 0.2) is 0 Å². The lowest BCUT2D eigenvalue weighted by atomic mass is 9.94. The van der Waals surface area contributed by atoms with Crippen molar-refractivity contribution in [2.24, 2.45) is 0 Å². The van der Waals surface area contributed by atoms with Crippen LogP contribution in [0.5, 0.6) is 5.75 Å². The summed E-state index contributed by atoms with van der Waals surface area (Å²) in [7, 11) is 1.71. The number of methoxy groups -OCH3 is 1. The molecule has 4 nitrogen and oxygen atoms in total. The Hall–Kier alpha value is -3.76. The summed E-state index contributed by atoms with van der Waals surface area (Å²) < 4.78 is 5.44. The number of benzene rings is 4. The van der Waals surface area contributed by atoms with Gasteiger partial charge in [-0.25, -0.2) is 0 Å². The third kappa shape index (κ3) is 4.43. The SMILES string of the molecule is COc1ccc(-c2ccc3c(c2)N(C(C)C)c2ccc(-c4ccc(CO)cc4C)cc2N3C(C)C)c(C)c1. The van der Waals surface area contributed by atoms with Gasteiger partial charge in [-0.15, -0.1) is 0 Å². The van der Waals surface area contributed by atoms with E-state index in [0.717, 1.165) is 11.3 Å². The van der Waals surface area contributed by atoms with Crippen LogP contribution < -0.4 is 14.5 Å². The maximum absolute atomic E-state index is 9.56. The number of anilines is 4. The van der Waals surface area contributed by atoms with Crippen LogP contribution in [0.1, 0.15) is 44.4 Å². The van der Waals surface area contributed by atoms with Gasteiger partial charge >= 0.3 is 0 Å². The highest BCUT2D eigenvalue weighted by atomic mass is 16.5. The van der Waals surface area contributed by atoms with Crippen LogP contribution in [0.2, 0.25) is 0 Å². The van der Waals surface area contributed by atoms with E-state index < -0.39 is 0 Å². The standard InChI is InChI=1S/C34H38N2O2/c1-21(2)35-32-15-10-27(30-13-11-28(38-7)17-24(30)6)19-34(32)36(22(3)4)31-14-9-26(18-33(31)35)29-12-8-25(20-37)16-23(29)5/h8-19,21-22,37H,20H2,1-7H3. The predicted octanol–water partition coefficient (Wildman–Crippen LogP) is 8.54. The fraction of sp³-hybridized carbons (Fsp3) is 0.294. The fourth-order valence-corrected chi connectivity index (χ4v) is 5.78. The highest BCUT2D eigenvalue weighted by Crippen LogP contribution is 2.52. The van der Waals surface area contributed by atoms with E-state index in [1.165, 1.54) is 56.1 Å². The van der Waals surface area contributed by atoms with E-state index in [-0.39, 0.29) is 18.7 Å². The molecule has 1 N–H and O–H groups in total. The summed E-state index contributed by atoms with van der Waals surface area (Å²) in [5.41, 5.74) is 13.0. The number of fused-ring (bicyclic) bond motifs is 2. The molecule has 0 unspecified atom stereocenters. The average Bonchev–Trinajstić information content (AvgIpc) is 2.90. The molecule has 1 aliphatic heterocycles. The molecule has 0 saturated carbocycles. The molecule has 0 spiro atoms. The van der Waals surface area contributed by atoms with Crippen LogP contribution in [0, 0.1) is 13.8 Å². The third-order valence-electron chi connectivity index (χ3n) is 7.55. The Labute approximate surface area is 227 Å². The lowest BCUT2D eigenvalue weighted by molar-refractivity contribution is 0.282. The molecule has 1 aliphatic rings. The van der Waals surface area contributed by atoms with Crippen molar-refractivity contribution in [2.75, 3.05) is 16.9 Å². The number of hydrogen-bond acceptors (Lipinski definition) is 4. The van der Waals surface area contributed by atoms with Gasteiger partial charge in [0.05, 0.1) is 36.5 Å². The van der Waals surface area contributed by atoms with E-state index in [1.807, 2.05) is 12.1 Å². The summed E-state index contributed by atoms with van der Waals surface area (Å²) in [6.45, 7) is 13.4. The minimum Gasteiger partial charge on any atom is -0.497 e. The number of ether oxygens (including phenoxy) is 1. The maximum Gasteiger partial charge on any atom is 0.119 e. The summed E-state index contributed by atoms with van der Waals surface area (Å²) in [5.74, 6) is 0.880. The van der Waals surface area contributed by atoms with Crippen molar-refractivity contribution in [3.05, 3.63) is 89.5 Å². The van der Waals surface area contributed by atoms with Gasteiger partial charge in [0.2, 0.25) is 0 Å². The second kappa shape index (κ2) is 10.2. The van der Waals surface area contributed by atoms with Gasteiger partial charge in [0, 0.05) is 12.1 Å². The van der Waals surface area contributed by atoms with Crippen molar-refractivity contribution >= 4 is 22.7 Å². The van der Waals surface area contributed by atoms with Crippen LogP contribution in [0.25, 0.3) is 22.3 Å². The molecule has 4 aromatic carbocycles. The largest absolute Gasteiger partial charge is 0.497 e. The minimum atomic E-state index is 0.0601. The van der Waals surface area contributed by atoms with Gasteiger partial charge in [-0.3, -0.25) is 0 Å². The second-order valence-corrected chi connectivity index (χ2v) is 10.8. The highest BCUT2D eigenvalue weighted by molar-refractivity contribution is 5.97. The molecule has 0 radical (unpaired) electrons. The Morgan fingerprint density at radius 1 is 0.632 bits per heavy atom. The summed E-state index contributed by atoms with van der Waals surface area (Å²) in [4.78, 5) is 4.94. The zero-order valence-corrected chi connectivity index (χ0v) is 23.5. The normalized spacial score (nSPS) is 12.7. The molecule has 0 bridgehead atoms. The first-order valence-electron chi connectivity index (χ1n) is 13.5. The molecule has 0 amide bonds. The number of aliphatic hydroxyl groups excluding tert-OH is 1. The second-order valence-electron chi connectivity index (χ2n) is 10.8. The molecule has 0 aliphatic carbocycles. The Bertz CT molecular complexity index is 1380. The number of rotatable bonds is 6. The zero-order valence-electron chi connectivity index (χ0n) is 23.5. The van der Waals surface area contributed by atoms with E-state index in [4.69, 9.17) is 4.74 Å². The van der Waals surface area contributed by atoms with Crippen LogP contribution in [0.4, 0.5) is 22.7 Å². The highest BCUT2D eigenvalue weighted by Gasteiger charge is 2.32. The fourth-order valence-electron chi connectivity index (χ4n) is 5.78. The molecule has 4 aromatic rings. The summed E-state index contributed by atoms with van der Waals surface area (Å²) in [5, 5.41) is 9.56. The Balaban J connectivity index is 1.67. The van der Waals surface area contributed by atoms with Gasteiger partial charge in [0.1, 0.15) is 5.75 Å². The van der Waals surface area contributed by atoms with Crippen LogP contribution >= 0.6 is 0 Å². The first-order chi connectivity index (χ1) is 18.2. The monoisotopic (exact) mass is 506 g/mol. The Morgan fingerprint density at radius 3 is 1.55 bits per heavy atom. The van der Waals surface area contributed by atoms with Crippen molar-refractivity contribution in [2.45, 2.75) is 60.2 Å². The third-order valence-corrected chi connectivity index (χ3v) is 7.55. The molecule has 1 heterocycles. The van der Waals surface area contributed by atoms with Crippen LogP contribution in [0.15, 0.2) is 72.8 Å². The van der Waals surface area contributed by atoms with Crippen molar-refractivity contribution in [1.29, 1.82) is 0 Å². The van der Waals surface area contributed by atoms with Gasteiger partial charge in [0.25, 0.3) is 0 Å². The molecule has 0 atom stereocenters.